The van der Waals surface area contributed by atoms with Crippen molar-refractivity contribution in [3.05, 3.63) is 34.2 Å². The largest absolute Gasteiger partial charge is 0.351 e. The van der Waals surface area contributed by atoms with Crippen LogP contribution in [0.4, 0.5) is 0 Å². The quantitative estimate of drug-likeness (QED) is 0.914. The van der Waals surface area contributed by atoms with Gasteiger partial charge in [0, 0.05) is 16.3 Å². The van der Waals surface area contributed by atoms with Gasteiger partial charge >= 0.3 is 0 Å². The Hall–Kier alpha value is -1.10. The number of carbonyl (C=O) groups excluding carboxylic acids is 1. The number of fused-ring (bicyclic) bond motifs is 1. The molecule has 0 radical (unpaired) electrons. The van der Waals surface area contributed by atoms with Crippen molar-refractivity contribution >= 4 is 38.9 Å². The number of thiophene rings is 1. The topological polar surface area (TPSA) is 41.1 Å². The van der Waals surface area contributed by atoms with Gasteiger partial charge in [-0.05, 0) is 55.1 Å². The Kier molecular flexibility index (Phi) is 3.73. The van der Waals surface area contributed by atoms with Gasteiger partial charge in [0.2, 0.25) is 0 Å². The molecule has 0 saturated carbocycles. The summed E-state index contributed by atoms with van der Waals surface area (Å²) >= 11 is 7.46. The van der Waals surface area contributed by atoms with Crippen LogP contribution in [0.15, 0.2) is 24.3 Å². The summed E-state index contributed by atoms with van der Waals surface area (Å²) in [4.78, 5) is 12.9. The van der Waals surface area contributed by atoms with E-state index in [1.54, 1.807) is 0 Å². The fourth-order valence-corrected chi connectivity index (χ4v) is 3.48. The van der Waals surface area contributed by atoms with Crippen LogP contribution in [-0.2, 0) is 0 Å². The molecule has 3 nitrogen and oxygen atoms in total. The number of nitrogens with one attached hydrogen (secondary N) is 2. The molecule has 0 bridgehead atoms. The third kappa shape index (κ3) is 2.91. The minimum absolute atomic E-state index is 0.0178. The zero-order chi connectivity index (χ0) is 13.2. The van der Waals surface area contributed by atoms with Crippen molar-refractivity contribution in [3.8, 4) is 0 Å². The number of amides is 1. The molecule has 1 aliphatic rings. The Morgan fingerprint density at radius 1 is 1.47 bits per heavy atom. The highest BCUT2D eigenvalue weighted by Crippen LogP contribution is 2.28. The second kappa shape index (κ2) is 5.49. The molecule has 100 valence electrons. The maximum Gasteiger partial charge on any atom is 0.261 e. The molecule has 1 atom stereocenters. The Morgan fingerprint density at radius 3 is 3.16 bits per heavy atom. The first-order chi connectivity index (χ1) is 9.22. The first-order valence-corrected chi connectivity index (χ1v) is 7.60. The Bertz CT molecular complexity index is 605. The zero-order valence-corrected chi connectivity index (χ0v) is 12.0. The predicted octanol–water partition coefficient (Wildman–Crippen LogP) is 2.89. The maximum absolute atomic E-state index is 12.1. The van der Waals surface area contributed by atoms with Gasteiger partial charge in [-0.2, -0.15) is 0 Å². The van der Waals surface area contributed by atoms with Gasteiger partial charge in [-0.25, -0.2) is 0 Å². The van der Waals surface area contributed by atoms with Crippen LogP contribution in [0.2, 0.25) is 5.02 Å². The zero-order valence-electron chi connectivity index (χ0n) is 10.4. The number of halogens is 1. The van der Waals surface area contributed by atoms with Crippen molar-refractivity contribution in [1.29, 1.82) is 0 Å². The minimum atomic E-state index is 0.0178. The average molecular weight is 295 g/mol. The molecule has 1 saturated heterocycles. The van der Waals surface area contributed by atoms with Crippen LogP contribution >= 0.6 is 22.9 Å². The summed E-state index contributed by atoms with van der Waals surface area (Å²) in [6.07, 6.45) is 1.14. The molecular formula is C14H15ClN2OS. The lowest BCUT2D eigenvalue weighted by Gasteiger charge is -2.08. The molecule has 1 fully saturated rings. The van der Waals surface area contributed by atoms with E-state index in [-0.39, 0.29) is 5.91 Å². The van der Waals surface area contributed by atoms with Crippen LogP contribution in [0.25, 0.3) is 10.1 Å². The fourth-order valence-electron chi connectivity index (χ4n) is 2.34. The van der Waals surface area contributed by atoms with Gasteiger partial charge in [-0.3, -0.25) is 4.79 Å². The van der Waals surface area contributed by atoms with E-state index >= 15 is 0 Å². The van der Waals surface area contributed by atoms with Crippen molar-refractivity contribution in [2.45, 2.75) is 6.42 Å². The van der Waals surface area contributed by atoms with E-state index in [9.17, 15) is 4.79 Å². The SMILES string of the molecule is O=C(NC[C@H]1CCNC1)c1cc2cc(Cl)ccc2s1. The van der Waals surface area contributed by atoms with Crippen LogP contribution in [-0.4, -0.2) is 25.5 Å². The molecule has 0 unspecified atom stereocenters. The van der Waals surface area contributed by atoms with Gasteiger partial charge in [0.05, 0.1) is 4.88 Å². The van der Waals surface area contributed by atoms with Crippen molar-refractivity contribution in [2.24, 2.45) is 5.92 Å². The number of hydrogen-bond acceptors (Lipinski definition) is 3. The van der Waals surface area contributed by atoms with E-state index in [0.29, 0.717) is 10.9 Å². The lowest BCUT2D eigenvalue weighted by Crippen LogP contribution is -2.29. The molecule has 3 rings (SSSR count). The van der Waals surface area contributed by atoms with Crippen LogP contribution in [0, 0.1) is 5.92 Å². The molecule has 1 amide bonds. The number of benzene rings is 1. The summed E-state index contributed by atoms with van der Waals surface area (Å²) in [5.41, 5.74) is 0. The summed E-state index contributed by atoms with van der Waals surface area (Å²) in [5.74, 6) is 0.581. The molecule has 19 heavy (non-hydrogen) atoms. The van der Waals surface area contributed by atoms with Crippen LogP contribution in [0.5, 0.6) is 0 Å². The highest BCUT2D eigenvalue weighted by Gasteiger charge is 2.16. The van der Waals surface area contributed by atoms with Crippen molar-refractivity contribution in [3.63, 3.8) is 0 Å². The summed E-state index contributed by atoms with van der Waals surface area (Å²) in [5, 5.41) is 8.05. The van der Waals surface area contributed by atoms with Gasteiger partial charge in [0.15, 0.2) is 0 Å². The summed E-state index contributed by atoms with van der Waals surface area (Å²) < 4.78 is 1.09. The van der Waals surface area contributed by atoms with E-state index in [2.05, 4.69) is 10.6 Å². The molecule has 0 spiro atoms. The summed E-state index contributed by atoms with van der Waals surface area (Å²) in [6.45, 7) is 2.81. The molecular weight excluding hydrogens is 280 g/mol. The number of carbonyl (C=O) groups is 1. The average Bonchev–Trinajstić information content (AvgIpc) is 3.04. The molecule has 1 aromatic carbocycles. The Balaban J connectivity index is 1.70. The van der Waals surface area contributed by atoms with E-state index < -0.39 is 0 Å². The van der Waals surface area contributed by atoms with E-state index in [1.807, 2.05) is 24.3 Å². The summed E-state index contributed by atoms with van der Waals surface area (Å²) in [6, 6.07) is 7.62. The van der Waals surface area contributed by atoms with E-state index in [1.165, 1.54) is 11.3 Å². The smallest absolute Gasteiger partial charge is 0.261 e. The van der Waals surface area contributed by atoms with Gasteiger partial charge in [0.1, 0.15) is 0 Å². The first kappa shape index (κ1) is 12.9. The highest BCUT2D eigenvalue weighted by molar-refractivity contribution is 7.20. The van der Waals surface area contributed by atoms with Gasteiger partial charge in [0.25, 0.3) is 5.91 Å². The van der Waals surface area contributed by atoms with Gasteiger partial charge in [-0.1, -0.05) is 11.6 Å². The molecule has 1 aromatic heterocycles. The van der Waals surface area contributed by atoms with Gasteiger partial charge in [-0.15, -0.1) is 11.3 Å². The van der Waals surface area contributed by atoms with E-state index in [4.69, 9.17) is 11.6 Å². The molecule has 2 aromatic rings. The second-order valence-electron chi connectivity index (χ2n) is 4.86. The van der Waals surface area contributed by atoms with Crippen molar-refractivity contribution < 1.29 is 4.79 Å². The molecule has 2 N–H and O–H groups in total. The normalized spacial score (nSPS) is 18.9. The third-order valence-corrected chi connectivity index (χ3v) is 4.77. The van der Waals surface area contributed by atoms with Gasteiger partial charge < -0.3 is 10.6 Å². The Labute approximate surface area is 121 Å². The van der Waals surface area contributed by atoms with Crippen LogP contribution < -0.4 is 10.6 Å². The predicted molar refractivity (Wildman–Crippen MR) is 80.1 cm³/mol. The van der Waals surface area contributed by atoms with Crippen molar-refractivity contribution in [2.75, 3.05) is 19.6 Å². The molecule has 1 aliphatic heterocycles. The Morgan fingerprint density at radius 2 is 2.37 bits per heavy atom. The maximum atomic E-state index is 12.1. The third-order valence-electron chi connectivity index (χ3n) is 3.42. The lowest BCUT2D eigenvalue weighted by molar-refractivity contribution is 0.0952. The van der Waals surface area contributed by atoms with Crippen LogP contribution in [0.1, 0.15) is 16.1 Å². The van der Waals surface area contributed by atoms with E-state index in [0.717, 1.165) is 41.0 Å². The standard InChI is InChI=1S/C14H15ClN2OS/c15-11-1-2-12-10(5-11)6-13(19-12)14(18)17-8-9-3-4-16-7-9/h1-2,5-6,9,16H,3-4,7-8H2,(H,17,18)/t9-/m0/s1. The lowest BCUT2D eigenvalue weighted by atomic mass is 10.1. The highest BCUT2D eigenvalue weighted by atomic mass is 35.5. The monoisotopic (exact) mass is 294 g/mol. The number of hydrogen-bond donors (Lipinski definition) is 2. The minimum Gasteiger partial charge on any atom is -0.351 e. The summed E-state index contributed by atoms with van der Waals surface area (Å²) in [7, 11) is 0. The molecule has 0 aliphatic carbocycles. The van der Waals surface area contributed by atoms with Crippen molar-refractivity contribution in [1.82, 2.24) is 10.6 Å². The molecule has 5 heteroatoms. The first-order valence-electron chi connectivity index (χ1n) is 6.40. The second-order valence-corrected chi connectivity index (χ2v) is 6.38. The molecule has 2 heterocycles. The fraction of sp³-hybridized carbons (Fsp3) is 0.357. The van der Waals surface area contributed by atoms with Crippen LogP contribution in [0.3, 0.4) is 0 Å². The number of rotatable bonds is 3.